The molecule has 0 radical (unpaired) electrons. The van der Waals surface area contributed by atoms with Gasteiger partial charge in [0.05, 0.1) is 12.5 Å². The van der Waals surface area contributed by atoms with E-state index in [2.05, 4.69) is 24.9 Å². The van der Waals surface area contributed by atoms with Crippen LogP contribution in [0.2, 0.25) is 0 Å². The molecule has 0 saturated carbocycles. The third-order valence-electron chi connectivity index (χ3n) is 2.34. The Kier molecular flexibility index (Phi) is 5.10. The van der Waals surface area contributed by atoms with Crippen LogP contribution >= 0.6 is 11.3 Å². The summed E-state index contributed by atoms with van der Waals surface area (Å²) in [7, 11) is 0. The number of hydrogen-bond donors (Lipinski definition) is 1. The second kappa shape index (κ2) is 6.36. The standard InChI is InChI=1S/C12H17N3O2S/c1-8(2)7-15(6-4-5-13)12-14-10(11(16)17)9(3)18-12/h8H,4,6-7H2,1-3H3,(H,16,17). The zero-order chi connectivity index (χ0) is 13.7. The van der Waals surface area contributed by atoms with Crippen molar-refractivity contribution < 1.29 is 9.90 Å². The number of hydrogen-bond acceptors (Lipinski definition) is 5. The Morgan fingerprint density at radius 3 is 2.72 bits per heavy atom. The van der Waals surface area contributed by atoms with Crippen molar-refractivity contribution in [2.45, 2.75) is 27.2 Å². The highest BCUT2D eigenvalue weighted by Crippen LogP contribution is 2.26. The fourth-order valence-electron chi connectivity index (χ4n) is 1.61. The van der Waals surface area contributed by atoms with Gasteiger partial charge in [-0.2, -0.15) is 5.26 Å². The van der Waals surface area contributed by atoms with E-state index in [1.807, 2.05) is 4.90 Å². The molecule has 0 bridgehead atoms. The van der Waals surface area contributed by atoms with Crippen molar-refractivity contribution in [3.63, 3.8) is 0 Å². The molecule has 5 nitrogen and oxygen atoms in total. The molecular weight excluding hydrogens is 250 g/mol. The molecule has 0 aliphatic rings. The second-order valence-electron chi connectivity index (χ2n) is 4.45. The van der Waals surface area contributed by atoms with Crippen LogP contribution in [0.15, 0.2) is 0 Å². The van der Waals surface area contributed by atoms with Crippen LogP contribution in [0.4, 0.5) is 5.13 Å². The van der Waals surface area contributed by atoms with E-state index in [0.717, 1.165) is 6.54 Å². The van der Waals surface area contributed by atoms with Crippen molar-refractivity contribution in [2.24, 2.45) is 5.92 Å². The summed E-state index contributed by atoms with van der Waals surface area (Å²) in [5.74, 6) is -0.569. The SMILES string of the molecule is Cc1sc(N(CCC#N)CC(C)C)nc1C(=O)O. The minimum absolute atomic E-state index is 0.112. The minimum atomic E-state index is -1.00. The van der Waals surface area contributed by atoms with Gasteiger partial charge in [0, 0.05) is 18.0 Å². The first kappa shape index (κ1) is 14.5. The summed E-state index contributed by atoms with van der Waals surface area (Å²) in [6, 6.07) is 2.10. The van der Waals surface area contributed by atoms with Gasteiger partial charge in [0.2, 0.25) is 0 Å². The number of rotatable bonds is 6. The first-order valence-electron chi connectivity index (χ1n) is 5.78. The molecule has 6 heteroatoms. The van der Waals surface area contributed by atoms with Gasteiger partial charge in [-0.3, -0.25) is 0 Å². The predicted octanol–water partition coefficient (Wildman–Crippen LogP) is 2.53. The van der Waals surface area contributed by atoms with Crippen LogP contribution in [0.3, 0.4) is 0 Å². The van der Waals surface area contributed by atoms with E-state index in [0.29, 0.717) is 28.9 Å². The molecule has 1 aromatic heterocycles. The smallest absolute Gasteiger partial charge is 0.355 e. The van der Waals surface area contributed by atoms with Gasteiger partial charge in [0.1, 0.15) is 0 Å². The van der Waals surface area contributed by atoms with E-state index in [-0.39, 0.29) is 5.69 Å². The highest BCUT2D eigenvalue weighted by Gasteiger charge is 2.18. The molecule has 1 rings (SSSR count). The Bertz CT molecular complexity index is 462. The number of carbonyl (C=O) groups is 1. The fraction of sp³-hybridized carbons (Fsp3) is 0.583. The Hall–Kier alpha value is -1.61. The highest BCUT2D eigenvalue weighted by molar-refractivity contribution is 7.15. The number of anilines is 1. The number of nitriles is 1. The summed E-state index contributed by atoms with van der Waals surface area (Å²) >= 11 is 1.37. The summed E-state index contributed by atoms with van der Waals surface area (Å²) in [4.78, 5) is 17.8. The molecule has 0 spiro atoms. The summed E-state index contributed by atoms with van der Waals surface area (Å²) in [6.45, 7) is 7.27. The largest absolute Gasteiger partial charge is 0.476 e. The number of nitrogens with zero attached hydrogens (tertiary/aromatic N) is 3. The number of aromatic carboxylic acids is 1. The fourth-order valence-corrected chi connectivity index (χ4v) is 2.54. The number of aryl methyl sites for hydroxylation is 1. The molecular formula is C12H17N3O2S. The molecule has 18 heavy (non-hydrogen) atoms. The van der Waals surface area contributed by atoms with Gasteiger partial charge in [-0.25, -0.2) is 9.78 Å². The molecule has 0 saturated heterocycles. The zero-order valence-electron chi connectivity index (χ0n) is 10.8. The summed E-state index contributed by atoms with van der Waals surface area (Å²) in [6.07, 6.45) is 0.410. The van der Waals surface area contributed by atoms with Gasteiger partial charge in [-0.1, -0.05) is 13.8 Å². The van der Waals surface area contributed by atoms with E-state index in [9.17, 15) is 4.79 Å². The summed E-state index contributed by atoms with van der Waals surface area (Å²) in [5, 5.41) is 18.3. The molecule has 0 aliphatic heterocycles. The number of thiazole rings is 1. The van der Waals surface area contributed by atoms with Crippen LogP contribution in [0.25, 0.3) is 0 Å². The average Bonchev–Trinajstić information content (AvgIpc) is 2.66. The van der Waals surface area contributed by atoms with E-state index in [1.165, 1.54) is 11.3 Å². The Balaban J connectivity index is 2.94. The van der Waals surface area contributed by atoms with Gasteiger partial charge in [0.15, 0.2) is 10.8 Å². The predicted molar refractivity (Wildman–Crippen MR) is 71.1 cm³/mol. The lowest BCUT2D eigenvalue weighted by Crippen LogP contribution is -2.28. The van der Waals surface area contributed by atoms with Crippen molar-refractivity contribution in [1.82, 2.24) is 4.98 Å². The van der Waals surface area contributed by atoms with Crippen LogP contribution in [0.1, 0.15) is 35.6 Å². The molecule has 1 N–H and O–H groups in total. The van der Waals surface area contributed by atoms with E-state index < -0.39 is 5.97 Å². The van der Waals surface area contributed by atoms with Crippen LogP contribution in [-0.2, 0) is 0 Å². The number of aromatic nitrogens is 1. The highest BCUT2D eigenvalue weighted by atomic mass is 32.1. The van der Waals surface area contributed by atoms with Crippen molar-refractivity contribution >= 4 is 22.4 Å². The Morgan fingerprint density at radius 1 is 1.61 bits per heavy atom. The first-order valence-corrected chi connectivity index (χ1v) is 6.60. The van der Waals surface area contributed by atoms with Gasteiger partial charge in [-0.05, 0) is 12.8 Å². The quantitative estimate of drug-likeness (QED) is 0.857. The Labute approximate surface area is 111 Å². The maximum atomic E-state index is 11.0. The topological polar surface area (TPSA) is 77.2 Å². The average molecular weight is 267 g/mol. The number of carboxylic acid groups (broad SMARTS) is 1. The second-order valence-corrected chi connectivity index (χ2v) is 5.64. The van der Waals surface area contributed by atoms with Crippen molar-refractivity contribution in [2.75, 3.05) is 18.0 Å². The molecule has 0 amide bonds. The van der Waals surface area contributed by atoms with E-state index >= 15 is 0 Å². The monoisotopic (exact) mass is 267 g/mol. The molecule has 0 unspecified atom stereocenters. The maximum Gasteiger partial charge on any atom is 0.355 e. The van der Waals surface area contributed by atoms with Gasteiger partial charge in [0.25, 0.3) is 0 Å². The van der Waals surface area contributed by atoms with Gasteiger partial charge >= 0.3 is 5.97 Å². The third-order valence-corrected chi connectivity index (χ3v) is 3.37. The van der Waals surface area contributed by atoms with Crippen LogP contribution in [-0.4, -0.2) is 29.1 Å². The third kappa shape index (κ3) is 3.70. The molecule has 0 aliphatic carbocycles. The lowest BCUT2D eigenvalue weighted by molar-refractivity contribution is 0.0690. The summed E-state index contributed by atoms with van der Waals surface area (Å²) < 4.78 is 0. The number of carboxylic acids is 1. The Morgan fingerprint density at radius 2 is 2.28 bits per heavy atom. The molecule has 0 aromatic carbocycles. The molecule has 98 valence electrons. The molecule has 0 atom stereocenters. The lowest BCUT2D eigenvalue weighted by atomic mass is 10.2. The first-order chi connectivity index (χ1) is 8.45. The van der Waals surface area contributed by atoms with Crippen molar-refractivity contribution in [1.29, 1.82) is 5.26 Å². The molecule has 1 heterocycles. The van der Waals surface area contributed by atoms with E-state index in [4.69, 9.17) is 10.4 Å². The summed E-state index contributed by atoms with van der Waals surface area (Å²) in [5.41, 5.74) is 0.112. The van der Waals surface area contributed by atoms with Crippen LogP contribution in [0.5, 0.6) is 0 Å². The van der Waals surface area contributed by atoms with Gasteiger partial charge in [-0.15, -0.1) is 11.3 Å². The van der Waals surface area contributed by atoms with Gasteiger partial charge < -0.3 is 10.0 Å². The van der Waals surface area contributed by atoms with Crippen LogP contribution < -0.4 is 4.90 Å². The molecule has 0 fully saturated rings. The normalized spacial score (nSPS) is 10.4. The maximum absolute atomic E-state index is 11.0. The van der Waals surface area contributed by atoms with E-state index in [1.54, 1.807) is 6.92 Å². The minimum Gasteiger partial charge on any atom is -0.476 e. The van der Waals surface area contributed by atoms with Crippen LogP contribution in [0, 0.1) is 24.2 Å². The van der Waals surface area contributed by atoms with Crippen molar-refractivity contribution in [3.8, 4) is 6.07 Å². The zero-order valence-corrected chi connectivity index (χ0v) is 11.6. The lowest BCUT2D eigenvalue weighted by Gasteiger charge is -2.22. The molecule has 1 aromatic rings. The van der Waals surface area contributed by atoms with Crippen molar-refractivity contribution in [3.05, 3.63) is 10.6 Å².